The topological polar surface area (TPSA) is 84.1 Å². The highest BCUT2D eigenvalue weighted by Gasteiger charge is 2.21. The molecular formula is C19H20ClN5O2. The average molecular weight is 386 g/mol. The minimum atomic E-state index is -1.04. The summed E-state index contributed by atoms with van der Waals surface area (Å²) in [6.07, 6.45) is 4.95. The molecule has 4 rings (SSSR count). The highest BCUT2D eigenvalue weighted by molar-refractivity contribution is 6.32. The molecule has 27 heavy (non-hydrogen) atoms. The number of carboxylic acids is 1. The molecule has 0 aliphatic carbocycles. The molecule has 1 aliphatic rings. The number of hydrogen-bond donors (Lipinski definition) is 1. The van der Waals surface area contributed by atoms with Crippen LogP contribution in [0.15, 0.2) is 24.5 Å². The molecule has 3 heterocycles. The zero-order chi connectivity index (χ0) is 19.1. The van der Waals surface area contributed by atoms with Gasteiger partial charge >= 0.3 is 5.97 Å². The highest BCUT2D eigenvalue weighted by atomic mass is 35.5. The van der Waals surface area contributed by atoms with E-state index in [-0.39, 0.29) is 11.5 Å². The van der Waals surface area contributed by atoms with Crippen molar-refractivity contribution in [1.29, 1.82) is 0 Å². The van der Waals surface area contributed by atoms with E-state index in [1.165, 1.54) is 17.1 Å². The predicted octanol–water partition coefficient (Wildman–Crippen LogP) is 3.89. The van der Waals surface area contributed by atoms with Gasteiger partial charge in [0.25, 0.3) is 5.95 Å². The Morgan fingerprint density at radius 2 is 1.96 bits per heavy atom. The van der Waals surface area contributed by atoms with E-state index >= 15 is 0 Å². The first-order valence-corrected chi connectivity index (χ1v) is 9.36. The normalized spacial score (nSPS) is 14.4. The first kappa shape index (κ1) is 17.7. The van der Waals surface area contributed by atoms with E-state index in [2.05, 4.69) is 34.9 Å². The number of aromatic carboxylic acids is 1. The quantitative estimate of drug-likeness (QED) is 0.733. The Kier molecular flexibility index (Phi) is 4.47. The van der Waals surface area contributed by atoms with Gasteiger partial charge in [0.1, 0.15) is 5.82 Å². The van der Waals surface area contributed by atoms with Crippen LogP contribution in [0.2, 0.25) is 5.02 Å². The maximum absolute atomic E-state index is 11.2. The fraction of sp³-hybridized carbons (Fsp3) is 0.368. The van der Waals surface area contributed by atoms with Crippen molar-refractivity contribution in [2.24, 2.45) is 0 Å². The SMILES string of the molecule is CC(C)c1cc2c(N3CCCC3)nc(-n3cc(C(=O)O)cn3)nc2cc1Cl. The van der Waals surface area contributed by atoms with Crippen molar-refractivity contribution in [3.8, 4) is 5.95 Å². The smallest absolute Gasteiger partial charge is 0.338 e. The zero-order valence-electron chi connectivity index (χ0n) is 15.2. The molecule has 1 aromatic carbocycles. The van der Waals surface area contributed by atoms with Crippen LogP contribution in [-0.4, -0.2) is 43.9 Å². The van der Waals surface area contributed by atoms with E-state index in [4.69, 9.17) is 21.7 Å². The summed E-state index contributed by atoms with van der Waals surface area (Å²) in [7, 11) is 0. The van der Waals surface area contributed by atoms with E-state index < -0.39 is 5.97 Å². The first-order chi connectivity index (χ1) is 12.9. The number of aromatic nitrogens is 4. The number of hydrogen-bond acceptors (Lipinski definition) is 5. The summed E-state index contributed by atoms with van der Waals surface area (Å²) in [5.41, 5.74) is 1.88. The Morgan fingerprint density at radius 1 is 1.22 bits per heavy atom. The Labute approximate surface area is 161 Å². The molecule has 0 radical (unpaired) electrons. The largest absolute Gasteiger partial charge is 0.478 e. The molecule has 1 fully saturated rings. The summed E-state index contributed by atoms with van der Waals surface area (Å²) in [6, 6.07) is 3.93. The minimum absolute atomic E-state index is 0.0922. The van der Waals surface area contributed by atoms with Crippen LogP contribution in [0.5, 0.6) is 0 Å². The van der Waals surface area contributed by atoms with E-state index in [0.29, 0.717) is 11.0 Å². The second-order valence-corrected chi connectivity index (χ2v) is 7.47. The molecule has 1 aliphatic heterocycles. The average Bonchev–Trinajstić information content (AvgIpc) is 3.31. The third-order valence-corrected chi connectivity index (χ3v) is 5.17. The lowest BCUT2D eigenvalue weighted by atomic mass is 10.0. The van der Waals surface area contributed by atoms with Crippen LogP contribution in [0.3, 0.4) is 0 Å². The number of anilines is 1. The van der Waals surface area contributed by atoms with E-state index in [9.17, 15) is 4.79 Å². The third-order valence-electron chi connectivity index (χ3n) is 4.84. The number of fused-ring (bicyclic) bond motifs is 1. The van der Waals surface area contributed by atoms with Gasteiger partial charge in [0.15, 0.2) is 0 Å². The molecule has 0 amide bonds. The van der Waals surface area contributed by atoms with Gasteiger partial charge in [-0.1, -0.05) is 25.4 Å². The fourth-order valence-electron chi connectivity index (χ4n) is 3.40. The summed E-state index contributed by atoms with van der Waals surface area (Å²) < 4.78 is 1.40. The van der Waals surface area contributed by atoms with E-state index in [1.807, 2.05) is 6.07 Å². The number of carbonyl (C=O) groups is 1. The van der Waals surface area contributed by atoms with Crippen molar-refractivity contribution in [2.45, 2.75) is 32.6 Å². The number of rotatable bonds is 4. The minimum Gasteiger partial charge on any atom is -0.478 e. The van der Waals surface area contributed by atoms with Crippen molar-refractivity contribution in [1.82, 2.24) is 19.7 Å². The molecule has 1 saturated heterocycles. The molecule has 0 spiro atoms. The number of benzene rings is 1. The third kappa shape index (κ3) is 3.23. The Hall–Kier alpha value is -2.67. The lowest BCUT2D eigenvalue weighted by Gasteiger charge is -2.20. The number of nitrogens with zero attached hydrogens (tertiary/aromatic N) is 5. The van der Waals surface area contributed by atoms with Crippen LogP contribution in [0.1, 0.15) is 48.5 Å². The van der Waals surface area contributed by atoms with Crippen LogP contribution in [0.4, 0.5) is 5.82 Å². The lowest BCUT2D eigenvalue weighted by Crippen LogP contribution is -2.21. The summed E-state index contributed by atoms with van der Waals surface area (Å²) in [4.78, 5) is 22.7. The van der Waals surface area contributed by atoms with Crippen LogP contribution in [-0.2, 0) is 0 Å². The summed E-state index contributed by atoms with van der Waals surface area (Å²) >= 11 is 6.48. The van der Waals surface area contributed by atoms with Gasteiger partial charge in [0, 0.05) is 29.7 Å². The van der Waals surface area contributed by atoms with Crippen molar-refractivity contribution in [3.05, 3.63) is 40.7 Å². The summed E-state index contributed by atoms with van der Waals surface area (Å²) in [5.74, 6) is 0.437. The Morgan fingerprint density at radius 3 is 2.59 bits per heavy atom. The number of carboxylic acid groups (broad SMARTS) is 1. The maximum atomic E-state index is 11.2. The van der Waals surface area contributed by atoms with Gasteiger partial charge in [-0.3, -0.25) is 0 Å². The van der Waals surface area contributed by atoms with Gasteiger partial charge in [0.2, 0.25) is 0 Å². The van der Waals surface area contributed by atoms with Gasteiger partial charge < -0.3 is 10.0 Å². The highest BCUT2D eigenvalue weighted by Crippen LogP contribution is 2.34. The van der Waals surface area contributed by atoms with Gasteiger partial charge in [-0.2, -0.15) is 10.1 Å². The number of halogens is 1. The maximum Gasteiger partial charge on any atom is 0.338 e. The molecule has 2 aromatic heterocycles. The molecule has 1 N–H and O–H groups in total. The molecule has 140 valence electrons. The van der Waals surface area contributed by atoms with Crippen molar-refractivity contribution in [2.75, 3.05) is 18.0 Å². The van der Waals surface area contributed by atoms with E-state index in [1.54, 1.807) is 0 Å². The molecule has 3 aromatic rings. The van der Waals surface area contributed by atoms with Crippen LogP contribution < -0.4 is 4.90 Å². The van der Waals surface area contributed by atoms with Gasteiger partial charge in [-0.25, -0.2) is 14.5 Å². The van der Waals surface area contributed by atoms with Crippen LogP contribution >= 0.6 is 11.6 Å². The zero-order valence-corrected chi connectivity index (χ0v) is 15.9. The van der Waals surface area contributed by atoms with Gasteiger partial charge in [0.05, 0.1) is 17.3 Å². The second kappa shape index (κ2) is 6.81. The monoisotopic (exact) mass is 385 g/mol. The Bertz CT molecular complexity index is 1020. The molecule has 7 nitrogen and oxygen atoms in total. The predicted molar refractivity (Wildman–Crippen MR) is 104 cm³/mol. The second-order valence-electron chi connectivity index (χ2n) is 7.07. The van der Waals surface area contributed by atoms with Crippen molar-refractivity contribution >= 4 is 34.3 Å². The molecule has 8 heteroatoms. The van der Waals surface area contributed by atoms with Crippen LogP contribution in [0, 0.1) is 0 Å². The standard InChI is InChI=1S/C19H20ClN5O2/c1-11(2)13-7-14-16(8-15(13)20)22-19(23-17(14)24-5-3-4-6-24)25-10-12(9-21-25)18(26)27/h7-11H,3-6H2,1-2H3,(H,26,27). The van der Waals surface area contributed by atoms with Crippen molar-refractivity contribution in [3.63, 3.8) is 0 Å². The van der Waals surface area contributed by atoms with Gasteiger partial charge in [-0.15, -0.1) is 0 Å². The van der Waals surface area contributed by atoms with E-state index in [0.717, 1.165) is 48.2 Å². The molecule has 0 atom stereocenters. The van der Waals surface area contributed by atoms with Crippen LogP contribution in [0.25, 0.3) is 16.9 Å². The molecule has 0 bridgehead atoms. The Balaban J connectivity index is 1.93. The first-order valence-electron chi connectivity index (χ1n) is 8.98. The molecule has 0 unspecified atom stereocenters. The summed E-state index contributed by atoms with van der Waals surface area (Å²) in [5, 5.41) is 14.9. The summed E-state index contributed by atoms with van der Waals surface area (Å²) in [6.45, 7) is 6.08. The van der Waals surface area contributed by atoms with Gasteiger partial charge in [-0.05, 0) is 36.5 Å². The van der Waals surface area contributed by atoms with Crippen molar-refractivity contribution < 1.29 is 9.90 Å². The fourth-order valence-corrected chi connectivity index (χ4v) is 3.77. The lowest BCUT2D eigenvalue weighted by molar-refractivity contribution is 0.0697. The molecule has 0 saturated carbocycles. The molecular weight excluding hydrogens is 366 g/mol.